The quantitative estimate of drug-likeness (QED) is 0.547. The van der Waals surface area contributed by atoms with Crippen LogP contribution in [0.25, 0.3) is 12.2 Å². The number of hydrogen-bond donors (Lipinski definition) is 3. The average molecular weight is 228 g/mol. The lowest BCUT2D eigenvalue weighted by Crippen LogP contribution is -1.74. The first-order valence-corrected chi connectivity index (χ1v) is 5.14. The molecule has 2 aromatic carbocycles. The summed E-state index contributed by atoms with van der Waals surface area (Å²) in [5, 5.41) is 27.8. The average Bonchev–Trinajstić information content (AvgIpc) is 2.31. The van der Waals surface area contributed by atoms with Gasteiger partial charge in [0, 0.05) is 0 Å². The van der Waals surface area contributed by atoms with Crippen molar-refractivity contribution < 1.29 is 15.3 Å². The zero-order chi connectivity index (χ0) is 12.3. The van der Waals surface area contributed by atoms with Gasteiger partial charge in [0.2, 0.25) is 0 Å². The maximum absolute atomic E-state index is 9.32. The topological polar surface area (TPSA) is 60.7 Å². The summed E-state index contributed by atoms with van der Waals surface area (Å²) in [6.07, 6.45) is 3.60. The van der Waals surface area contributed by atoms with E-state index in [9.17, 15) is 10.2 Å². The Morgan fingerprint density at radius 2 is 1.41 bits per heavy atom. The summed E-state index contributed by atoms with van der Waals surface area (Å²) in [5.41, 5.74) is 1.63. The zero-order valence-corrected chi connectivity index (χ0v) is 9.04. The molecule has 0 fully saturated rings. The number of phenols is 3. The first-order chi connectivity index (χ1) is 8.15. The van der Waals surface area contributed by atoms with Crippen molar-refractivity contribution in [1.82, 2.24) is 0 Å². The molecule has 0 amide bonds. The molecule has 0 unspecified atom stereocenters. The number of aromatic hydroxyl groups is 3. The van der Waals surface area contributed by atoms with E-state index in [1.807, 2.05) is 12.1 Å². The van der Waals surface area contributed by atoms with Crippen LogP contribution in [0.15, 0.2) is 42.5 Å². The minimum Gasteiger partial charge on any atom is -0.508 e. The second kappa shape index (κ2) is 4.61. The van der Waals surface area contributed by atoms with Gasteiger partial charge in [0.1, 0.15) is 5.75 Å². The molecule has 0 bridgehead atoms. The van der Waals surface area contributed by atoms with E-state index in [0.29, 0.717) is 0 Å². The van der Waals surface area contributed by atoms with Crippen LogP contribution in [-0.2, 0) is 0 Å². The molecule has 0 aliphatic heterocycles. The zero-order valence-electron chi connectivity index (χ0n) is 9.04. The predicted octanol–water partition coefficient (Wildman–Crippen LogP) is 2.97. The van der Waals surface area contributed by atoms with Gasteiger partial charge in [-0.2, -0.15) is 0 Å². The maximum atomic E-state index is 9.32. The highest BCUT2D eigenvalue weighted by Crippen LogP contribution is 2.25. The molecule has 0 aromatic heterocycles. The Morgan fingerprint density at radius 3 is 2.06 bits per heavy atom. The fraction of sp³-hybridized carbons (Fsp3) is 0. The summed E-state index contributed by atoms with van der Waals surface area (Å²) in [4.78, 5) is 0. The third-order valence-electron chi connectivity index (χ3n) is 2.34. The normalized spacial score (nSPS) is 10.8. The summed E-state index contributed by atoms with van der Waals surface area (Å²) in [5.74, 6) is -0.0803. The van der Waals surface area contributed by atoms with Crippen LogP contribution in [-0.4, -0.2) is 15.3 Å². The molecule has 0 heterocycles. The lowest BCUT2D eigenvalue weighted by molar-refractivity contribution is 0.403. The Kier molecular flexibility index (Phi) is 3.01. The van der Waals surface area contributed by atoms with E-state index in [1.165, 1.54) is 12.1 Å². The van der Waals surface area contributed by atoms with Crippen LogP contribution >= 0.6 is 0 Å². The largest absolute Gasteiger partial charge is 0.508 e. The van der Waals surface area contributed by atoms with Crippen molar-refractivity contribution in [2.24, 2.45) is 0 Å². The van der Waals surface area contributed by atoms with Crippen molar-refractivity contribution in [2.75, 3.05) is 0 Å². The minimum absolute atomic E-state index is 0.139. The Morgan fingerprint density at radius 1 is 0.706 bits per heavy atom. The van der Waals surface area contributed by atoms with Gasteiger partial charge in [-0.1, -0.05) is 30.4 Å². The van der Waals surface area contributed by atoms with Crippen LogP contribution in [0.2, 0.25) is 0 Å². The van der Waals surface area contributed by atoms with Gasteiger partial charge >= 0.3 is 0 Å². The highest BCUT2D eigenvalue weighted by Gasteiger charge is 1.97. The van der Waals surface area contributed by atoms with Crippen LogP contribution in [0.4, 0.5) is 0 Å². The summed E-state index contributed by atoms with van der Waals surface area (Å²) in [7, 11) is 0. The molecule has 2 rings (SSSR count). The van der Waals surface area contributed by atoms with Gasteiger partial charge in [0.15, 0.2) is 11.5 Å². The molecule has 0 radical (unpaired) electrons. The van der Waals surface area contributed by atoms with Gasteiger partial charge in [0.05, 0.1) is 0 Å². The van der Waals surface area contributed by atoms with E-state index >= 15 is 0 Å². The molecule has 3 heteroatoms. The van der Waals surface area contributed by atoms with Gasteiger partial charge < -0.3 is 15.3 Å². The SMILES string of the molecule is Oc1cccc(/C=C/c2ccc(O)c(O)c2)c1. The van der Waals surface area contributed by atoms with Crippen molar-refractivity contribution in [3.63, 3.8) is 0 Å². The van der Waals surface area contributed by atoms with Gasteiger partial charge in [0.25, 0.3) is 0 Å². The van der Waals surface area contributed by atoms with Crippen molar-refractivity contribution in [3.05, 3.63) is 53.6 Å². The number of hydrogen-bond acceptors (Lipinski definition) is 3. The molecule has 86 valence electrons. The molecule has 0 aliphatic rings. The smallest absolute Gasteiger partial charge is 0.157 e. The summed E-state index contributed by atoms with van der Waals surface area (Å²) < 4.78 is 0. The van der Waals surface area contributed by atoms with Gasteiger partial charge in [-0.25, -0.2) is 0 Å². The molecule has 0 aliphatic carbocycles. The van der Waals surface area contributed by atoms with E-state index in [2.05, 4.69) is 0 Å². The molecule has 0 atom stereocenters. The molecule has 17 heavy (non-hydrogen) atoms. The molecule has 2 aromatic rings. The molecule has 0 spiro atoms. The third kappa shape index (κ3) is 2.78. The van der Waals surface area contributed by atoms with Crippen LogP contribution in [0.1, 0.15) is 11.1 Å². The molecular formula is C14H12O3. The summed E-state index contributed by atoms with van der Waals surface area (Å²) >= 11 is 0. The van der Waals surface area contributed by atoms with E-state index in [0.717, 1.165) is 11.1 Å². The highest BCUT2D eigenvalue weighted by molar-refractivity contribution is 5.71. The molecular weight excluding hydrogens is 216 g/mol. The highest BCUT2D eigenvalue weighted by atomic mass is 16.3. The van der Waals surface area contributed by atoms with Crippen LogP contribution in [0.5, 0.6) is 17.2 Å². The van der Waals surface area contributed by atoms with Crippen LogP contribution in [0, 0.1) is 0 Å². The van der Waals surface area contributed by atoms with Crippen molar-refractivity contribution in [2.45, 2.75) is 0 Å². The second-order valence-corrected chi connectivity index (χ2v) is 3.68. The van der Waals surface area contributed by atoms with E-state index in [1.54, 1.807) is 30.3 Å². The number of benzene rings is 2. The minimum atomic E-state index is -0.150. The standard InChI is InChI=1S/C14H12O3/c15-12-3-1-2-10(8-12)4-5-11-6-7-13(16)14(17)9-11/h1-9,15-17H/b5-4+. The van der Waals surface area contributed by atoms with Crippen LogP contribution in [0.3, 0.4) is 0 Å². The summed E-state index contributed by atoms with van der Waals surface area (Å²) in [6.45, 7) is 0. The Hall–Kier alpha value is -2.42. The fourth-order valence-corrected chi connectivity index (χ4v) is 1.47. The second-order valence-electron chi connectivity index (χ2n) is 3.68. The Labute approximate surface area is 98.9 Å². The summed E-state index contributed by atoms with van der Waals surface area (Å²) in [6, 6.07) is 11.4. The first-order valence-electron chi connectivity index (χ1n) is 5.14. The fourth-order valence-electron chi connectivity index (χ4n) is 1.47. The predicted molar refractivity (Wildman–Crippen MR) is 66.8 cm³/mol. The van der Waals surface area contributed by atoms with E-state index in [4.69, 9.17) is 5.11 Å². The lowest BCUT2D eigenvalue weighted by Gasteiger charge is -1.99. The van der Waals surface area contributed by atoms with Crippen molar-refractivity contribution >= 4 is 12.2 Å². The Bertz CT molecular complexity index is 559. The molecule has 3 N–H and O–H groups in total. The van der Waals surface area contributed by atoms with Crippen molar-refractivity contribution in [1.29, 1.82) is 0 Å². The monoisotopic (exact) mass is 228 g/mol. The Balaban J connectivity index is 2.23. The number of phenolic OH excluding ortho intramolecular Hbond substituents is 3. The van der Waals surface area contributed by atoms with E-state index in [-0.39, 0.29) is 17.2 Å². The van der Waals surface area contributed by atoms with E-state index < -0.39 is 0 Å². The molecule has 0 saturated carbocycles. The third-order valence-corrected chi connectivity index (χ3v) is 2.34. The van der Waals surface area contributed by atoms with Crippen LogP contribution < -0.4 is 0 Å². The number of rotatable bonds is 2. The molecule has 3 nitrogen and oxygen atoms in total. The van der Waals surface area contributed by atoms with Gasteiger partial charge in [-0.15, -0.1) is 0 Å². The van der Waals surface area contributed by atoms with Gasteiger partial charge in [-0.05, 0) is 35.4 Å². The lowest BCUT2D eigenvalue weighted by atomic mass is 10.1. The molecule has 0 saturated heterocycles. The van der Waals surface area contributed by atoms with Crippen molar-refractivity contribution in [3.8, 4) is 17.2 Å². The first kappa shape index (κ1) is 11.1. The van der Waals surface area contributed by atoms with Gasteiger partial charge in [-0.3, -0.25) is 0 Å². The maximum Gasteiger partial charge on any atom is 0.157 e.